The summed E-state index contributed by atoms with van der Waals surface area (Å²) in [5.74, 6) is -0.145. The summed E-state index contributed by atoms with van der Waals surface area (Å²) in [6.45, 7) is 1.96. The Morgan fingerprint density at radius 3 is 2.00 bits per heavy atom. The molecule has 0 N–H and O–H groups in total. The Labute approximate surface area is 208 Å². The standard InChI is InChI=1S/C28H25NO7/c1-5-36-28(32)18-10-12-19(13-11-18)29-26(30)21-9-7-6-8-20(21)22(27(29)31)14-17-15-23(33-2)25(35-4)24(16-17)34-3/h6-16H,5H2,1-4H3/b22-14-. The quantitative estimate of drug-likeness (QED) is 0.273. The van der Waals surface area contributed by atoms with E-state index in [1.54, 1.807) is 61.5 Å². The van der Waals surface area contributed by atoms with Gasteiger partial charge in [-0.15, -0.1) is 0 Å². The van der Waals surface area contributed by atoms with Crippen LogP contribution >= 0.6 is 0 Å². The van der Waals surface area contributed by atoms with E-state index in [1.807, 2.05) is 0 Å². The Morgan fingerprint density at radius 2 is 1.44 bits per heavy atom. The smallest absolute Gasteiger partial charge is 0.338 e. The molecule has 0 aromatic heterocycles. The number of nitrogens with zero attached hydrogens (tertiary/aromatic N) is 1. The molecule has 0 atom stereocenters. The average molecular weight is 488 g/mol. The molecule has 0 saturated heterocycles. The van der Waals surface area contributed by atoms with Crippen molar-refractivity contribution in [3.8, 4) is 17.2 Å². The molecule has 2 amide bonds. The van der Waals surface area contributed by atoms with Crippen molar-refractivity contribution < 1.29 is 33.3 Å². The maximum atomic E-state index is 13.7. The fraction of sp³-hybridized carbons (Fsp3) is 0.179. The lowest BCUT2D eigenvalue weighted by atomic mass is 9.91. The Hall–Kier alpha value is -4.59. The van der Waals surface area contributed by atoms with Crippen LogP contribution in [0.4, 0.5) is 5.69 Å². The fourth-order valence-corrected chi connectivity index (χ4v) is 4.04. The number of methoxy groups -OCH3 is 3. The van der Waals surface area contributed by atoms with Gasteiger partial charge in [-0.1, -0.05) is 18.2 Å². The molecule has 1 aliphatic rings. The minimum absolute atomic E-state index is 0.246. The van der Waals surface area contributed by atoms with Crippen LogP contribution < -0.4 is 19.1 Å². The van der Waals surface area contributed by atoms with Gasteiger partial charge in [-0.05, 0) is 66.6 Å². The first-order valence-electron chi connectivity index (χ1n) is 11.2. The summed E-state index contributed by atoms with van der Waals surface area (Å²) in [6.07, 6.45) is 1.68. The van der Waals surface area contributed by atoms with Gasteiger partial charge in [0.1, 0.15) is 0 Å². The number of rotatable bonds is 7. The molecule has 0 fully saturated rings. The minimum atomic E-state index is -0.503. The van der Waals surface area contributed by atoms with E-state index in [4.69, 9.17) is 18.9 Å². The molecule has 0 unspecified atom stereocenters. The molecule has 8 heteroatoms. The van der Waals surface area contributed by atoms with Crippen LogP contribution in [0.5, 0.6) is 17.2 Å². The monoisotopic (exact) mass is 487 g/mol. The van der Waals surface area contributed by atoms with Gasteiger partial charge in [0, 0.05) is 11.1 Å². The number of carbonyl (C=O) groups excluding carboxylic acids is 3. The highest BCUT2D eigenvalue weighted by Crippen LogP contribution is 2.40. The number of ether oxygens (including phenoxy) is 4. The largest absolute Gasteiger partial charge is 0.493 e. The first-order chi connectivity index (χ1) is 17.4. The molecule has 8 nitrogen and oxygen atoms in total. The molecule has 0 aliphatic carbocycles. The molecule has 36 heavy (non-hydrogen) atoms. The number of anilines is 1. The van der Waals surface area contributed by atoms with Crippen LogP contribution in [-0.2, 0) is 9.53 Å². The summed E-state index contributed by atoms with van der Waals surface area (Å²) in [5, 5.41) is 0. The zero-order valence-electron chi connectivity index (χ0n) is 20.4. The minimum Gasteiger partial charge on any atom is -0.493 e. The second-order valence-electron chi connectivity index (χ2n) is 7.78. The number of amides is 2. The second kappa shape index (κ2) is 10.4. The lowest BCUT2D eigenvalue weighted by Gasteiger charge is -2.29. The third kappa shape index (κ3) is 4.40. The second-order valence-corrected chi connectivity index (χ2v) is 7.78. The zero-order valence-corrected chi connectivity index (χ0v) is 20.4. The van der Waals surface area contributed by atoms with Gasteiger partial charge in [-0.25, -0.2) is 9.69 Å². The number of benzene rings is 3. The number of carbonyl (C=O) groups is 3. The van der Waals surface area contributed by atoms with Crippen LogP contribution in [0.1, 0.15) is 38.8 Å². The topological polar surface area (TPSA) is 91.4 Å². The Bertz CT molecular complexity index is 1330. The first kappa shape index (κ1) is 24.5. The molecule has 4 rings (SSSR count). The molecule has 0 spiro atoms. The van der Waals surface area contributed by atoms with Crippen LogP contribution in [0.2, 0.25) is 0 Å². The van der Waals surface area contributed by atoms with E-state index in [-0.39, 0.29) is 6.61 Å². The van der Waals surface area contributed by atoms with Crippen molar-refractivity contribution in [1.29, 1.82) is 0 Å². The van der Waals surface area contributed by atoms with Crippen molar-refractivity contribution in [2.24, 2.45) is 0 Å². The molecule has 0 saturated carbocycles. The third-order valence-corrected chi connectivity index (χ3v) is 5.72. The molecule has 0 bridgehead atoms. The van der Waals surface area contributed by atoms with Crippen LogP contribution in [-0.4, -0.2) is 45.7 Å². The SMILES string of the molecule is CCOC(=O)c1ccc(N2C(=O)/C(=C\c3cc(OC)c(OC)c(OC)c3)c3ccccc3C2=O)cc1. The van der Waals surface area contributed by atoms with Gasteiger partial charge < -0.3 is 18.9 Å². The summed E-state index contributed by atoms with van der Waals surface area (Å²) < 4.78 is 21.3. The highest BCUT2D eigenvalue weighted by atomic mass is 16.5. The molecule has 184 valence electrons. The summed E-state index contributed by atoms with van der Waals surface area (Å²) in [6, 6.07) is 16.5. The van der Waals surface area contributed by atoms with E-state index in [0.717, 1.165) is 4.90 Å². The average Bonchev–Trinajstić information content (AvgIpc) is 2.91. The van der Waals surface area contributed by atoms with Crippen molar-refractivity contribution in [2.45, 2.75) is 6.92 Å². The number of hydrogen-bond donors (Lipinski definition) is 0. The van der Waals surface area contributed by atoms with Crippen molar-refractivity contribution in [1.82, 2.24) is 0 Å². The predicted molar refractivity (Wildman–Crippen MR) is 135 cm³/mol. The highest BCUT2D eigenvalue weighted by Gasteiger charge is 2.36. The van der Waals surface area contributed by atoms with Crippen LogP contribution in [0, 0.1) is 0 Å². The zero-order chi connectivity index (χ0) is 25.8. The number of imide groups is 1. The van der Waals surface area contributed by atoms with Crippen LogP contribution in [0.25, 0.3) is 11.6 Å². The Balaban J connectivity index is 1.83. The molecule has 0 radical (unpaired) electrons. The van der Waals surface area contributed by atoms with Crippen LogP contribution in [0.3, 0.4) is 0 Å². The maximum Gasteiger partial charge on any atom is 0.338 e. The normalized spacial score (nSPS) is 13.9. The Kier molecular flexibility index (Phi) is 7.05. The number of esters is 1. The predicted octanol–water partition coefficient (Wildman–Crippen LogP) is 4.62. The number of hydrogen-bond acceptors (Lipinski definition) is 7. The van der Waals surface area contributed by atoms with Gasteiger partial charge in [-0.2, -0.15) is 0 Å². The molecule has 1 aliphatic heterocycles. The van der Waals surface area contributed by atoms with Crippen molar-refractivity contribution in [2.75, 3.05) is 32.8 Å². The number of fused-ring (bicyclic) bond motifs is 1. The van der Waals surface area contributed by atoms with Crippen molar-refractivity contribution in [3.63, 3.8) is 0 Å². The van der Waals surface area contributed by atoms with Crippen molar-refractivity contribution in [3.05, 3.63) is 82.9 Å². The van der Waals surface area contributed by atoms with Crippen molar-refractivity contribution >= 4 is 35.1 Å². The molecule has 3 aromatic rings. The van der Waals surface area contributed by atoms with Crippen LogP contribution in [0.15, 0.2) is 60.7 Å². The van der Waals surface area contributed by atoms with Gasteiger partial charge in [0.15, 0.2) is 11.5 Å². The Morgan fingerprint density at radius 1 is 0.833 bits per heavy atom. The molecule has 1 heterocycles. The summed E-state index contributed by atoms with van der Waals surface area (Å²) >= 11 is 0. The van der Waals surface area contributed by atoms with E-state index in [2.05, 4.69) is 0 Å². The summed E-state index contributed by atoms with van der Waals surface area (Å²) in [5.41, 5.74) is 2.49. The van der Waals surface area contributed by atoms with E-state index in [9.17, 15) is 14.4 Å². The third-order valence-electron chi connectivity index (χ3n) is 5.72. The van der Waals surface area contributed by atoms with E-state index in [1.165, 1.54) is 33.5 Å². The molecular weight excluding hydrogens is 462 g/mol. The van der Waals surface area contributed by atoms with Gasteiger partial charge in [0.05, 0.1) is 39.2 Å². The van der Waals surface area contributed by atoms with Gasteiger partial charge >= 0.3 is 5.97 Å². The molecule has 3 aromatic carbocycles. The first-order valence-corrected chi connectivity index (χ1v) is 11.2. The molecular formula is C28H25NO7. The lowest BCUT2D eigenvalue weighted by molar-refractivity contribution is -0.112. The van der Waals surface area contributed by atoms with Gasteiger partial charge in [0.2, 0.25) is 5.75 Å². The van der Waals surface area contributed by atoms with E-state index in [0.29, 0.717) is 50.8 Å². The van der Waals surface area contributed by atoms with Gasteiger partial charge in [-0.3, -0.25) is 9.59 Å². The summed E-state index contributed by atoms with van der Waals surface area (Å²) in [7, 11) is 4.53. The highest BCUT2D eigenvalue weighted by molar-refractivity contribution is 6.43. The fourth-order valence-electron chi connectivity index (χ4n) is 4.04. The van der Waals surface area contributed by atoms with Gasteiger partial charge in [0.25, 0.3) is 11.8 Å². The van der Waals surface area contributed by atoms with E-state index >= 15 is 0 Å². The summed E-state index contributed by atoms with van der Waals surface area (Å²) in [4.78, 5) is 40.2. The maximum absolute atomic E-state index is 13.7. The van der Waals surface area contributed by atoms with E-state index < -0.39 is 17.8 Å². The lowest BCUT2D eigenvalue weighted by Crippen LogP contribution is -2.41.